The van der Waals surface area contributed by atoms with E-state index in [2.05, 4.69) is 0 Å². The fourth-order valence-corrected chi connectivity index (χ4v) is 4.05. The molecule has 150 valence electrons. The lowest BCUT2D eigenvalue weighted by atomic mass is 9.96. The number of nitrogens with zero attached hydrogens (tertiary/aromatic N) is 1. The molecule has 5 nitrogen and oxygen atoms in total. The quantitative estimate of drug-likeness (QED) is 0.683. The topological polar surface area (TPSA) is 82.2 Å². The highest BCUT2D eigenvalue weighted by Crippen LogP contribution is 2.32. The number of hydrogen-bond donors (Lipinski definition) is 1. The van der Waals surface area contributed by atoms with Crippen LogP contribution in [0.15, 0.2) is 58.2 Å². The Hall–Kier alpha value is -2.15. The first-order chi connectivity index (χ1) is 12.7. The number of fused-ring (bicyclic) bond motifs is 1. The second-order valence-corrected chi connectivity index (χ2v) is 9.20. The number of pyridine rings is 1. The maximum absolute atomic E-state index is 13.1. The zero-order valence-electron chi connectivity index (χ0n) is 16.2. The molecule has 0 saturated heterocycles. The summed E-state index contributed by atoms with van der Waals surface area (Å²) >= 11 is 0. The molecule has 0 aliphatic rings. The van der Waals surface area contributed by atoms with E-state index in [9.17, 15) is 13.2 Å². The summed E-state index contributed by atoms with van der Waals surface area (Å²) in [5.41, 5.74) is 8.38. The van der Waals surface area contributed by atoms with Crippen LogP contribution in [0, 0.1) is 5.92 Å². The first-order valence-electron chi connectivity index (χ1n) is 8.89. The van der Waals surface area contributed by atoms with Gasteiger partial charge in [-0.05, 0) is 35.1 Å². The molecule has 0 unspecified atom stereocenters. The highest BCUT2D eigenvalue weighted by Gasteiger charge is 2.19. The molecule has 0 spiro atoms. The van der Waals surface area contributed by atoms with Crippen LogP contribution in [0.4, 0.5) is 0 Å². The molecule has 3 aromatic rings. The van der Waals surface area contributed by atoms with Crippen LogP contribution in [0.25, 0.3) is 21.9 Å². The van der Waals surface area contributed by atoms with Gasteiger partial charge in [-0.1, -0.05) is 44.2 Å². The van der Waals surface area contributed by atoms with Gasteiger partial charge in [0.05, 0.1) is 4.90 Å². The van der Waals surface area contributed by atoms with Crippen molar-refractivity contribution in [3.05, 3.63) is 64.6 Å². The van der Waals surface area contributed by atoms with Gasteiger partial charge in [0, 0.05) is 36.0 Å². The smallest absolute Gasteiger partial charge is 0.258 e. The largest absolute Gasteiger partial charge is 0.325 e. The fraction of sp³-hybridized carbons (Fsp3) is 0.286. The van der Waals surface area contributed by atoms with Crippen molar-refractivity contribution in [3.63, 3.8) is 0 Å². The molecular formula is C21H25ClN2O3S. The molecule has 7 heteroatoms. The van der Waals surface area contributed by atoms with Gasteiger partial charge in [-0.2, -0.15) is 0 Å². The summed E-state index contributed by atoms with van der Waals surface area (Å²) in [5, 5.41) is 1.12. The van der Waals surface area contributed by atoms with E-state index in [-0.39, 0.29) is 35.3 Å². The summed E-state index contributed by atoms with van der Waals surface area (Å²) in [4.78, 5) is 13.3. The van der Waals surface area contributed by atoms with E-state index in [1.807, 2.05) is 44.2 Å². The summed E-state index contributed by atoms with van der Waals surface area (Å²) < 4.78 is 25.9. The number of aromatic nitrogens is 1. The maximum atomic E-state index is 13.1. The van der Waals surface area contributed by atoms with Gasteiger partial charge in [-0.25, -0.2) is 8.42 Å². The van der Waals surface area contributed by atoms with Gasteiger partial charge in [0.25, 0.3) is 5.56 Å². The van der Waals surface area contributed by atoms with Crippen LogP contribution in [0.1, 0.15) is 19.5 Å². The van der Waals surface area contributed by atoms with Crippen LogP contribution in [-0.2, 0) is 22.9 Å². The molecule has 1 heterocycles. The number of hydrogen-bond acceptors (Lipinski definition) is 4. The van der Waals surface area contributed by atoms with Gasteiger partial charge in [0.1, 0.15) is 0 Å². The first-order valence-corrected chi connectivity index (χ1v) is 10.8. The Morgan fingerprint density at radius 3 is 2.21 bits per heavy atom. The number of benzene rings is 2. The van der Waals surface area contributed by atoms with Crippen molar-refractivity contribution in [1.82, 2.24) is 4.57 Å². The monoisotopic (exact) mass is 420 g/mol. The third-order valence-corrected chi connectivity index (χ3v) is 5.69. The minimum absolute atomic E-state index is 0. The van der Waals surface area contributed by atoms with Gasteiger partial charge in [-0.15, -0.1) is 12.4 Å². The molecule has 0 radical (unpaired) electrons. The second-order valence-electron chi connectivity index (χ2n) is 7.18. The van der Waals surface area contributed by atoms with Crippen LogP contribution in [0.3, 0.4) is 0 Å². The molecule has 0 atom stereocenters. The number of nitrogens with two attached hydrogens (primary N) is 1. The average molecular weight is 421 g/mol. The van der Waals surface area contributed by atoms with E-state index >= 15 is 0 Å². The standard InChI is InChI=1S/C21H24N2O3S.ClH/c1-14(2)13-23-19(12-22)20(15-7-5-4-6-8-15)18-11-16(27(3,25)26)9-10-17(18)21(23)24;/h4-11,14H,12-13,22H2,1-3H3;1H. The van der Waals surface area contributed by atoms with E-state index in [0.717, 1.165) is 16.8 Å². The lowest BCUT2D eigenvalue weighted by Gasteiger charge is -2.21. The summed E-state index contributed by atoms with van der Waals surface area (Å²) in [6, 6.07) is 14.3. The van der Waals surface area contributed by atoms with Crippen molar-refractivity contribution in [2.75, 3.05) is 6.26 Å². The zero-order valence-corrected chi connectivity index (χ0v) is 17.8. The van der Waals surface area contributed by atoms with Gasteiger partial charge >= 0.3 is 0 Å². The molecule has 2 aromatic carbocycles. The van der Waals surface area contributed by atoms with Gasteiger partial charge in [0.2, 0.25) is 0 Å². The molecule has 1 aromatic heterocycles. The van der Waals surface area contributed by atoms with Gasteiger partial charge in [0.15, 0.2) is 9.84 Å². The van der Waals surface area contributed by atoms with Crippen LogP contribution >= 0.6 is 12.4 Å². The van der Waals surface area contributed by atoms with Crippen molar-refractivity contribution in [1.29, 1.82) is 0 Å². The number of halogens is 1. The predicted octanol–water partition coefficient (Wildman–Crippen LogP) is 3.61. The molecule has 0 bridgehead atoms. The SMILES string of the molecule is CC(C)Cn1c(CN)c(-c2ccccc2)c2cc(S(C)(=O)=O)ccc2c1=O.Cl. The first kappa shape index (κ1) is 22.1. The highest BCUT2D eigenvalue weighted by molar-refractivity contribution is 7.90. The van der Waals surface area contributed by atoms with E-state index in [1.54, 1.807) is 16.7 Å². The molecular weight excluding hydrogens is 396 g/mol. The lowest BCUT2D eigenvalue weighted by molar-refractivity contribution is 0.499. The van der Waals surface area contributed by atoms with Crippen molar-refractivity contribution in [3.8, 4) is 11.1 Å². The molecule has 0 amide bonds. The minimum Gasteiger partial charge on any atom is -0.325 e. The van der Waals surface area contributed by atoms with Gasteiger partial charge in [-0.3, -0.25) is 4.79 Å². The Bertz CT molecular complexity index is 1150. The van der Waals surface area contributed by atoms with Crippen LogP contribution in [-0.4, -0.2) is 19.2 Å². The fourth-order valence-electron chi connectivity index (χ4n) is 3.40. The van der Waals surface area contributed by atoms with E-state index < -0.39 is 9.84 Å². The third kappa shape index (κ3) is 4.14. The third-order valence-electron chi connectivity index (χ3n) is 4.58. The highest BCUT2D eigenvalue weighted by atomic mass is 35.5. The van der Waals surface area contributed by atoms with Crippen LogP contribution in [0.2, 0.25) is 0 Å². The predicted molar refractivity (Wildman–Crippen MR) is 117 cm³/mol. The summed E-state index contributed by atoms with van der Waals surface area (Å²) in [7, 11) is -3.39. The van der Waals surface area contributed by atoms with Crippen molar-refractivity contribution in [2.45, 2.75) is 31.8 Å². The molecule has 0 aliphatic heterocycles. The van der Waals surface area contributed by atoms with E-state index in [4.69, 9.17) is 5.73 Å². The van der Waals surface area contributed by atoms with Crippen LogP contribution < -0.4 is 11.3 Å². The summed E-state index contributed by atoms with van der Waals surface area (Å²) in [6.45, 7) is 4.83. The van der Waals surface area contributed by atoms with Crippen LogP contribution in [0.5, 0.6) is 0 Å². The zero-order chi connectivity index (χ0) is 19.8. The second kappa shape index (κ2) is 8.47. The molecule has 0 aliphatic carbocycles. The normalized spacial score (nSPS) is 11.6. The Balaban J connectivity index is 0.00000280. The average Bonchev–Trinajstić information content (AvgIpc) is 2.63. The minimum atomic E-state index is -3.39. The summed E-state index contributed by atoms with van der Waals surface area (Å²) in [5.74, 6) is 0.268. The van der Waals surface area contributed by atoms with Gasteiger partial charge < -0.3 is 10.3 Å². The number of rotatable bonds is 5. The molecule has 28 heavy (non-hydrogen) atoms. The Morgan fingerprint density at radius 2 is 1.68 bits per heavy atom. The molecule has 2 N–H and O–H groups in total. The maximum Gasteiger partial charge on any atom is 0.258 e. The van der Waals surface area contributed by atoms with Crippen molar-refractivity contribution >= 4 is 33.0 Å². The Labute approximate surface area is 171 Å². The molecule has 0 fully saturated rings. The Morgan fingerprint density at radius 1 is 1.04 bits per heavy atom. The van der Waals surface area contributed by atoms with E-state index in [0.29, 0.717) is 17.3 Å². The molecule has 0 saturated carbocycles. The lowest BCUT2D eigenvalue weighted by Crippen LogP contribution is -2.28. The van der Waals surface area contributed by atoms with Crippen molar-refractivity contribution < 1.29 is 8.42 Å². The van der Waals surface area contributed by atoms with E-state index in [1.165, 1.54) is 12.3 Å². The molecule has 3 rings (SSSR count). The Kier molecular flexibility index (Phi) is 6.70. The van der Waals surface area contributed by atoms with Crippen molar-refractivity contribution in [2.24, 2.45) is 11.7 Å². The summed E-state index contributed by atoms with van der Waals surface area (Å²) in [6.07, 6.45) is 1.17. The number of sulfone groups is 1.